The molecule has 1 heterocycles. The maximum Gasteiger partial charge on any atom is 0.232 e. The molecule has 3 nitrogen and oxygen atoms in total. The number of nitriles is 1. The zero-order valence-electron chi connectivity index (χ0n) is 13.5. The molecule has 0 bridgehead atoms. The molecule has 3 rings (SSSR count). The first-order valence-electron chi connectivity index (χ1n) is 7.72. The number of nitrogens with zero attached hydrogens (tertiary/aromatic N) is 2. The van der Waals surface area contributed by atoms with E-state index < -0.39 is 0 Å². The normalized spacial score (nSPS) is 10.3. The third-order valence-electron chi connectivity index (χ3n) is 3.67. The molecule has 2 aromatic carbocycles. The summed E-state index contributed by atoms with van der Waals surface area (Å²) in [5.74, 6) is 0.298. The van der Waals surface area contributed by atoms with Crippen LogP contribution >= 0.6 is 23.2 Å². The lowest BCUT2D eigenvalue weighted by atomic mass is 9.98. The summed E-state index contributed by atoms with van der Waals surface area (Å²) in [6, 6.07) is 19.0. The van der Waals surface area contributed by atoms with E-state index in [2.05, 4.69) is 11.1 Å². The van der Waals surface area contributed by atoms with Crippen LogP contribution in [-0.2, 0) is 0 Å². The van der Waals surface area contributed by atoms with Gasteiger partial charge in [0.05, 0.1) is 12.3 Å². The zero-order valence-corrected chi connectivity index (χ0v) is 15.0. The van der Waals surface area contributed by atoms with Crippen LogP contribution in [0, 0.1) is 11.3 Å². The molecule has 0 saturated heterocycles. The summed E-state index contributed by atoms with van der Waals surface area (Å²) >= 11 is 12.4. The van der Waals surface area contributed by atoms with Crippen molar-refractivity contribution in [2.75, 3.05) is 6.61 Å². The molecule has 3 aromatic rings. The molecule has 0 radical (unpaired) electrons. The fourth-order valence-electron chi connectivity index (χ4n) is 2.55. The minimum atomic E-state index is 0.298. The van der Waals surface area contributed by atoms with Crippen LogP contribution in [-0.4, -0.2) is 11.6 Å². The van der Waals surface area contributed by atoms with E-state index in [4.69, 9.17) is 27.9 Å². The lowest BCUT2D eigenvalue weighted by Gasteiger charge is -2.13. The molecule has 1 aromatic heterocycles. The van der Waals surface area contributed by atoms with Crippen LogP contribution in [0.1, 0.15) is 12.5 Å². The van der Waals surface area contributed by atoms with Crippen LogP contribution in [0.25, 0.3) is 22.4 Å². The molecule has 0 fully saturated rings. The van der Waals surface area contributed by atoms with E-state index in [1.165, 1.54) is 0 Å². The van der Waals surface area contributed by atoms with Crippen molar-refractivity contribution >= 4 is 23.2 Å². The van der Waals surface area contributed by atoms with Crippen LogP contribution in [0.3, 0.4) is 0 Å². The highest BCUT2D eigenvalue weighted by molar-refractivity contribution is 6.36. The molecular weight excluding hydrogens is 355 g/mol. The Morgan fingerprint density at radius 1 is 1.04 bits per heavy atom. The highest BCUT2D eigenvalue weighted by atomic mass is 35.5. The monoisotopic (exact) mass is 368 g/mol. The van der Waals surface area contributed by atoms with Gasteiger partial charge in [-0.15, -0.1) is 0 Å². The molecular formula is C20H14Cl2N2O. The van der Waals surface area contributed by atoms with Crippen LogP contribution in [0.2, 0.25) is 10.0 Å². The quantitative estimate of drug-likeness (QED) is 0.567. The SMILES string of the molecule is CCOc1nc(-c2ccccc2)cc(-c2ccc(Cl)cc2Cl)c1C#N. The van der Waals surface area contributed by atoms with Gasteiger partial charge in [0.15, 0.2) is 0 Å². The number of ether oxygens (including phenoxy) is 1. The van der Waals surface area contributed by atoms with Gasteiger partial charge in [-0.2, -0.15) is 5.26 Å². The fraction of sp³-hybridized carbons (Fsp3) is 0.100. The number of aromatic nitrogens is 1. The average Bonchev–Trinajstić information content (AvgIpc) is 2.62. The predicted octanol–water partition coefficient (Wildman–Crippen LogP) is 5.99. The summed E-state index contributed by atoms with van der Waals surface area (Å²) in [6.07, 6.45) is 0. The standard InChI is InChI=1S/C20H14Cl2N2O/c1-2-25-20-17(12-23)16(15-9-8-14(21)10-18(15)22)11-19(24-20)13-6-4-3-5-7-13/h3-11H,2H2,1H3. The Morgan fingerprint density at radius 2 is 1.80 bits per heavy atom. The molecule has 0 spiro atoms. The van der Waals surface area contributed by atoms with Gasteiger partial charge in [0, 0.05) is 26.7 Å². The topological polar surface area (TPSA) is 45.9 Å². The number of hydrogen-bond acceptors (Lipinski definition) is 3. The highest BCUT2D eigenvalue weighted by Gasteiger charge is 2.18. The van der Waals surface area contributed by atoms with Gasteiger partial charge in [-0.3, -0.25) is 0 Å². The average molecular weight is 369 g/mol. The largest absolute Gasteiger partial charge is 0.477 e. The number of hydrogen-bond donors (Lipinski definition) is 0. The Labute approximate surface area is 156 Å². The summed E-state index contributed by atoms with van der Waals surface area (Å²) in [5.41, 5.74) is 3.37. The lowest BCUT2D eigenvalue weighted by Crippen LogP contribution is -2.01. The van der Waals surface area contributed by atoms with Crippen molar-refractivity contribution in [2.45, 2.75) is 6.92 Å². The predicted molar refractivity (Wildman–Crippen MR) is 101 cm³/mol. The van der Waals surface area contributed by atoms with E-state index in [1.807, 2.05) is 43.3 Å². The van der Waals surface area contributed by atoms with Gasteiger partial charge in [0.2, 0.25) is 5.88 Å². The van der Waals surface area contributed by atoms with E-state index in [0.717, 1.165) is 5.56 Å². The molecule has 5 heteroatoms. The summed E-state index contributed by atoms with van der Waals surface area (Å²) in [4.78, 5) is 4.52. The van der Waals surface area contributed by atoms with Crippen LogP contribution in [0.5, 0.6) is 5.88 Å². The Hall–Kier alpha value is -2.54. The second-order valence-corrected chi connectivity index (χ2v) is 6.11. The van der Waals surface area contributed by atoms with Gasteiger partial charge in [0.25, 0.3) is 0 Å². The lowest BCUT2D eigenvalue weighted by molar-refractivity contribution is 0.326. The summed E-state index contributed by atoms with van der Waals surface area (Å²) < 4.78 is 5.61. The Kier molecular flexibility index (Phi) is 5.23. The van der Waals surface area contributed by atoms with E-state index in [9.17, 15) is 5.26 Å². The third kappa shape index (κ3) is 3.61. The maximum atomic E-state index is 9.66. The van der Waals surface area contributed by atoms with Crippen molar-refractivity contribution in [3.8, 4) is 34.3 Å². The molecule has 0 saturated carbocycles. The van der Waals surface area contributed by atoms with E-state index in [-0.39, 0.29) is 0 Å². The van der Waals surface area contributed by atoms with Crippen LogP contribution < -0.4 is 4.74 Å². The first-order chi connectivity index (χ1) is 12.1. The molecule has 0 aliphatic carbocycles. The van der Waals surface area contributed by atoms with Gasteiger partial charge in [-0.05, 0) is 25.1 Å². The van der Waals surface area contributed by atoms with Crippen molar-refractivity contribution in [3.05, 3.63) is 70.2 Å². The smallest absolute Gasteiger partial charge is 0.232 e. The Balaban J connectivity index is 2.28. The molecule has 0 amide bonds. The summed E-state index contributed by atoms with van der Waals surface area (Å²) in [7, 11) is 0. The van der Waals surface area contributed by atoms with Gasteiger partial charge >= 0.3 is 0 Å². The number of pyridine rings is 1. The van der Waals surface area contributed by atoms with Gasteiger partial charge in [0.1, 0.15) is 11.6 Å². The van der Waals surface area contributed by atoms with Crippen molar-refractivity contribution in [2.24, 2.45) is 0 Å². The zero-order chi connectivity index (χ0) is 17.8. The van der Waals surface area contributed by atoms with E-state index >= 15 is 0 Å². The first kappa shape index (κ1) is 17.3. The highest BCUT2D eigenvalue weighted by Crippen LogP contribution is 2.37. The van der Waals surface area contributed by atoms with Crippen molar-refractivity contribution in [1.29, 1.82) is 5.26 Å². The molecule has 0 atom stereocenters. The number of benzene rings is 2. The molecule has 124 valence electrons. The summed E-state index contributed by atoms with van der Waals surface area (Å²) in [5, 5.41) is 10.7. The Bertz CT molecular complexity index is 950. The molecule has 0 aliphatic heterocycles. The van der Waals surface area contributed by atoms with Gasteiger partial charge < -0.3 is 4.74 Å². The minimum Gasteiger partial charge on any atom is -0.477 e. The van der Waals surface area contributed by atoms with Crippen LogP contribution in [0.4, 0.5) is 0 Å². The molecule has 25 heavy (non-hydrogen) atoms. The van der Waals surface area contributed by atoms with Crippen LogP contribution in [0.15, 0.2) is 54.6 Å². The second-order valence-electron chi connectivity index (χ2n) is 5.27. The van der Waals surface area contributed by atoms with E-state index in [0.29, 0.717) is 44.9 Å². The molecule has 0 unspecified atom stereocenters. The second kappa shape index (κ2) is 7.57. The van der Waals surface area contributed by atoms with Crippen molar-refractivity contribution < 1.29 is 4.74 Å². The van der Waals surface area contributed by atoms with E-state index in [1.54, 1.807) is 18.2 Å². The number of halogens is 2. The maximum absolute atomic E-state index is 9.66. The van der Waals surface area contributed by atoms with Gasteiger partial charge in [-0.1, -0.05) is 59.6 Å². The summed E-state index contributed by atoms with van der Waals surface area (Å²) in [6.45, 7) is 2.26. The first-order valence-corrected chi connectivity index (χ1v) is 8.48. The van der Waals surface area contributed by atoms with Gasteiger partial charge in [-0.25, -0.2) is 4.98 Å². The number of rotatable bonds is 4. The van der Waals surface area contributed by atoms with Crippen molar-refractivity contribution in [3.63, 3.8) is 0 Å². The molecule has 0 N–H and O–H groups in total. The molecule has 0 aliphatic rings. The fourth-order valence-corrected chi connectivity index (χ4v) is 3.06. The minimum absolute atomic E-state index is 0.298. The van der Waals surface area contributed by atoms with Crippen molar-refractivity contribution in [1.82, 2.24) is 4.98 Å². The Morgan fingerprint density at radius 3 is 2.44 bits per heavy atom. The third-order valence-corrected chi connectivity index (χ3v) is 4.22.